The maximum atomic E-state index is 12.8. The molecule has 0 saturated heterocycles. The van der Waals surface area contributed by atoms with Crippen molar-refractivity contribution in [2.24, 2.45) is 28.6 Å². The molecule has 0 aromatic carbocycles. The number of carboxylic acids is 1. The van der Waals surface area contributed by atoms with Crippen molar-refractivity contribution < 1.29 is 34.1 Å². The van der Waals surface area contributed by atoms with Gasteiger partial charge in [-0.1, -0.05) is 58.3 Å². The molecule has 0 aromatic heterocycles. The van der Waals surface area contributed by atoms with Gasteiger partial charge in [0.05, 0.1) is 6.61 Å². The quantitative estimate of drug-likeness (QED) is 0.200. The first kappa shape index (κ1) is 31.1. The molecule has 2 aliphatic rings. The van der Waals surface area contributed by atoms with Gasteiger partial charge in [-0.2, -0.15) is 0 Å². The van der Waals surface area contributed by atoms with Crippen LogP contribution in [0.1, 0.15) is 100 Å². The summed E-state index contributed by atoms with van der Waals surface area (Å²) in [6, 6.07) is 0. The topological polar surface area (TPSA) is 110 Å². The highest BCUT2D eigenvalue weighted by molar-refractivity contribution is 5.80. The first-order valence-electron chi connectivity index (χ1n) is 13.7. The van der Waals surface area contributed by atoms with E-state index >= 15 is 0 Å². The Bertz CT molecular complexity index is 915. The molecular formula is C30H48O7. The third-order valence-electron chi connectivity index (χ3n) is 8.33. The van der Waals surface area contributed by atoms with E-state index in [-0.39, 0.29) is 36.3 Å². The van der Waals surface area contributed by atoms with E-state index in [1.165, 1.54) is 11.6 Å². The summed E-state index contributed by atoms with van der Waals surface area (Å²) in [6.07, 6.45) is 4.12. The van der Waals surface area contributed by atoms with Crippen molar-refractivity contribution in [3.05, 3.63) is 22.8 Å². The molecule has 0 bridgehead atoms. The Morgan fingerprint density at radius 3 is 2.14 bits per heavy atom. The predicted molar refractivity (Wildman–Crippen MR) is 143 cm³/mol. The minimum Gasteiger partial charge on any atom is -0.478 e. The second-order valence-corrected chi connectivity index (χ2v) is 12.6. The lowest BCUT2D eigenvalue weighted by Gasteiger charge is -2.60. The second-order valence-electron chi connectivity index (χ2n) is 12.6. The van der Waals surface area contributed by atoms with Gasteiger partial charge in [-0.3, -0.25) is 9.59 Å². The largest absolute Gasteiger partial charge is 0.478 e. The van der Waals surface area contributed by atoms with Crippen molar-refractivity contribution in [2.75, 3.05) is 6.61 Å². The fraction of sp³-hybridized carbons (Fsp3) is 0.767. The van der Waals surface area contributed by atoms with E-state index in [0.29, 0.717) is 38.5 Å². The Labute approximate surface area is 222 Å². The summed E-state index contributed by atoms with van der Waals surface area (Å²) in [5.41, 5.74) is 1.98. The molecule has 7 heteroatoms. The van der Waals surface area contributed by atoms with Gasteiger partial charge in [0.2, 0.25) is 0 Å². The van der Waals surface area contributed by atoms with Crippen LogP contribution < -0.4 is 0 Å². The lowest BCUT2D eigenvalue weighted by Crippen LogP contribution is -2.61. The molecule has 0 heterocycles. The number of hydrogen-bond acceptors (Lipinski definition) is 6. The van der Waals surface area contributed by atoms with E-state index in [1.54, 1.807) is 0 Å². The summed E-state index contributed by atoms with van der Waals surface area (Å²) < 4.78 is 12.1. The Morgan fingerprint density at radius 1 is 1.05 bits per heavy atom. The van der Waals surface area contributed by atoms with Gasteiger partial charge in [0.25, 0.3) is 0 Å². The predicted octanol–water partition coefficient (Wildman–Crippen LogP) is 5.85. The zero-order valence-electron chi connectivity index (χ0n) is 24.1. The number of rotatable bonds is 11. The van der Waals surface area contributed by atoms with Crippen LogP contribution in [0.5, 0.6) is 0 Å². The van der Waals surface area contributed by atoms with E-state index in [1.807, 2.05) is 41.5 Å². The summed E-state index contributed by atoms with van der Waals surface area (Å²) in [5.74, 6) is -1.40. The number of aliphatic carboxylic acids is 1. The summed E-state index contributed by atoms with van der Waals surface area (Å²) >= 11 is 0. The average Bonchev–Trinajstić information content (AvgIpc) is 2.73. The third kappa shape index (κ3) is 7.46. The van der Waals surface area contributed by atoms with Crippen LogP contribution in [0, 0.1) is 28.6 Å². The van der Waals surface area contributed by atoms with Gasteiger partial charge < -0.3 is 19.7 Å². The van der Waals surface area contributed by atoms with E-state index < -0.39 is 29.0 Å². The molecule has 7 nitrogen and oxygen atoms in total. The van der Waals surface area contributed by atoms with Crippen LogP contribution in [0.25, 0.3) is 0 Å². The summed E-state index contributed by atoms with van der Waals surface area (Å²) in [7, 11) is 0. The third-order valence-corrected chi connectivity index (χ3v) is 8.33. The number of carboxylic acid groups (broad SMARTS) is 1. The summed E-state index contributed by atoms with van der Waals surface area (Å²) in [5, 5.41) is 20.0. The number of carbonyl (C=O) groups is 3. The number of esters is 2. The molecule has 1 fully saturated rings. The van der Waals surface area contributed by atoms with Gasteiger partial charge in [0, 0.05) is 36.7 Å². The van der Waals surface area contributed by atoms with E-state index in [9.17, 15) is 19.5 Å². The van der Waals surface area contributed by atoms with Crippen molar-refractivity contribution in [1.29, 1.82) is 0 Å². The Hall–Kier alpha value is -2.15. The molecule has 2 N–H and O–H groups in total. The van der Waals surface area contributed by atoms with Crippen LogP contribution >= 0.6 is 0 Å². The van der Waals surface area contributed by atoms with Crippen molar-refractivity contribution in [2.45, 2.75) is 113 Å². The van der Waals surface area contributed by atoms with E-state index in [0.717, 1.165) is 17.6 Å². The lowest BCUT2D eigenvalue weighted by molar-refractivity contribution is -0.200. The van der Waals surface area contributed by atoms with Crippen LogP contribution in [0.4, 0.5) is 0 Å². The SMILES string of the molecule is CC(=CC(=O)O)CCC1=C(C)CC(OC(=O)CC(C)C)C2C1(C)CCC(OC(=O)CC(C)C)C2(C)CO. The Kier molecular flexibility index (Phi) is 10.6. The summed E-state index contributed by atoms with van der Waals surface area (Å²) in [4.78, 5) is 36.7. The molecular weight excluding hydrogens is 472 g/mol. The average molecular weight is 521 g/mol. The van der Waals surface area contributed by atoms with Crippen molar-refractivity contribution in [3.63, 3.8) is 0 Å². The highest BCUT2D eigenvalue weighted by Gasteiger charge is 2.61. The molecule has 0 spiro atoms. The maximum absolute atomic E-state index is 12.8. The number of ether oxygens (including phenoxy) is 2. The Morgan fingerprint density at radius 2 is 1.62 bits per heavy atom. The number of carbonyl (C=O) groups excluding carboxylic acids is 2. The number of fused-ring (bicyclic) bond motifs is 1. The first-order valence-corrected chi connectivity index (χ1v) is 13.7. The van der Waals surface area contributed by atoms with Crippen molar-refractivity contribution >= 4 is 17.9 Å². The molecule has 0 amide bonds. The Balaban J connectivity index is 2.50. The molecule has 2 aliphatic carbocycles. The molecule has 0 radical (unpaired) electrons. The first-order chi connectivity index (χ1) is 17.1. The molecule has 0 aromatic rings. The smallest absolute Gasteiger partial charge is 0.328 e. The number of allylic oxidation sites excluding steroid dienone is 2. The van der Waals surface area contributed by atoms with Crippen LogP contribution in [0.15, 0.2) is 22.8 Å². The standard InChI is InChI=1S/C30H48O7/c1-18(2)13-26(34)36-23-16-21(6)22(10-9-20(5)15-25(32)33)29(7)12-11-24(30(8,17-31)28(23)29)37-27(35)14-19(3)4/h15,18-19,23-24,28,31H,9-14,16-17H2,1-8H3,(H,32,33). The van der Waals surface area contributed by atoms with Gasteiger partial charge in [0.1, 0.15) is 12.2 Å². The van der Waals surface area contributed by atoms with Crippen LogP contribution in [-0.2, 0) is 23.9 Å². The number of aliphatic hydroxyl groups excluding tert-OH is 1. The van der Waals surface area contributed by atoms with Crippen LogP contribution in [0.3, 0.4) is 0 Å². The van der Waals surface area contributed by atoms with Crippen LogP contribution in [-0.4, -0.2) is 46.9 Å². The van der Waals surface area contributed by atoms with Crippen molar-refractivity contribution in [3.8, 4) is 0 Å². The van der Waals surface area contributed by atoms with Gasteiger partial charge in [-0.05, 0) is 56.8 Å². The zero-order chi connectivity index (χ0) is 28.1. The summed E-state index contributed by atoms with van der Waals surface area (Å²) in [6.45, 7) is 15.7. The fourth-order valence-electron chi connectivity index (χ4n) is 6.75. The molecule has 37 heavy (non-hydrogen) atoms. The monoisotopic (exact) mass is 520 g/mol. The molecule has 5 atom stereocenters. The second kappa shape index (κ2) is 12.6. The van der Waals surface area contributed by atoms with E-state index in [4.69, 9.17) is 14.6 Å². The minimum absolute atomic E-state index is 0.166. The van der Waals surface area contributed by atoms with Crippen LogP contribution in [0.2, 0.25) is 0 Å². The molecule has 5 unspecified atom stereocenters. The van der Waals surface area contributed by atoms with Gasteiger partial charge in [0.15, 0.2) is 0 Å². The number of hydrogen-bond donors (Lipinski definition) is 2. The molecule has 2 rings (SSSR count). The van der Waals surface area contributed by atoms with Crippen molar-refractivity contribution in [1.82, 2.24) is 0 Å². The number of aliphatic hydroxyl groups is 1. The van der Waals surface area contributed by atoms with E-state index in [2.05, 4.69) is 13.8 Å². The van der Waals surface area contributed by atoms with Gasteiger partial charge >= 0.3 is 17.9 Å². The maximum Gasteiger partial charge on any atom is 0.328 e. The highest BCUT2D eigenvalue weighted by atomic mass is 16.6. The fourth-order valence-corrected chi connectivity index (χ4v) is 6.75. The normalized spacial score (nSPS) is 30.4. The zero-order valence-corrected chi connectivity index (χ0v) is 24.1. The van der Waals surface area contributed by atoms with Gasteiger partial charge in [-0.25, -0.2) is 4.79 Å². The van der Waals surface area contributed by atoms with Gasteiger partial charge in [-0.15, -0.1) is 0 Å². The highest BCUT2D eigenvalue weighted by Crippen LogP contribution is 2.61. The lowest BCUT2D eigenvalue weighted by atomic mass is 9.47. The molecule has 0 aliphatic heterocycles. The molecule has 210 valence electrons. The molecule has 1 saturated carbocycles. The minimum atomic E-state index is -0.954.